The van der Waals surface area contributed by atoms with E-state index < -0.39 is 0 Å². The molecular weight excluding hydrogens is 314 g/mol. The maximum absolute atomic E-state index is 12.7. The van der Waals surface area contributed by atoms with E-state index in [4.69, 9.17) is 4.74 Å². The Hall–Kier alpha value is -2.56. The molecule has 1 aliphatic heterocycles. The molecule has 25 heavy (non-hydrogen) atoms. The van der Waals surface area contributed by atoms with E-state index in [2.05, 4.69) is 23.3 Å². The van der Waals surface area contributed by atoms with E-state index in [9.17, 15) is 4.79 Å². The quantitative estimate of drug-likeness (QED) is 0.862. The highest BCUT2D eigenvalue weighted by Gasteiger charge is 2.46. The summed E-state index contributed by atoms with van der Waals surface area (Å²) in [5.41, 5.74) is 3.71. The van der Waals surface area contributed by atoms with Crippen LogP contribution in [0, 0.1) is 5.92 Å². The molecule has 1 amide bonds. The summed E-state index contributed by atoms with van der Waals surface area (Å²) in [6, 6.07) is 8.13. The van der Waals surface area contributed by atoms with E-state index in [1.807, 2.05) is 36.5 Å². The van der Waals surface area contributed by atoms with E-state index in [0.717, 1.165) is 25.1 Å². The van der Waals surface area contributed by atoms with Crippen molar-refractivity contribution in [2.75, 3.05) is 20.2 Å². The highest BCUT2D eigenvalue weighted by molar-refractivity contribution is 5.84. The van der Waals surface area contributed by atoms with Gasteiger partial charge in [-0.1, -0.05) is 18.2 Å². The number of amides is 1. The fourth-order valence-electron chi connectivity index (χ4n) is 3.64. The average molecular weight is 337 g/mol. The van der Waals surface area contributed by atoms with Gasteiger partial charge in [-0.05, 0) is 47.6 Å². The third kappa shape index (κ3) is 3.18. The van der Waals surface area contributed by atoms with Crippen molar-refractivity contribution >= 4 is 11.5 Å². The molecule has 0 spiro atoms. The summed E-state index contributed by atoms with van der Waals surface area (Å²) in [6.07, 6.45) is 7.95. The number of hydrogen-bond acceptors (Lipinski definition) is 3. The van der Waals surface area contributed by atoms with Crippen LogP contribution in [0.5, 0.6) is 5.75 Å². The van der Waals surface area contributed by atoms with Gasteiger partial charge in [0.05, 0.1) is 13.3 Å². The minimum atomic E-state index is 0.139. The number of aryl methyl sites for hydroxylation is 1. The number of benzene rings is 1. The zero-order chi connectivity index (χ0) is 17.4. The summed E-state index contributed by atoms with van der Waals surface area (Å²) in [5.74, 6) is 1.65. The molecule has 2 atom stereocenters. The van der Waals surface area contributed by atoms with Gasteiger partial charge < -0.3 is 9.64 Å². The average Bonchev–Trinajstić information content (AvgIpc) is 3.35. The number of nitrogens with zero attached hydrogens (tertiary/aromatic N) is 3. The maximum Gasteiger partial charge on any atom is 0.226 e. The first-order valence-electron chi connectivity index (χ1n) is 8.76. The van der Waals surface area contributed by atoms with Crippen LogP contribution in [0.2, 0.25) is 0 Å². The Kier molecular flexibility index (Phi) is 4.07. The van der Waals surface area contributed by atoms with Gasteiger partial charge in [-0.25, -0.2) is 0 Å². The molecule has 130 valence electrons. The van der Waals surface area contributed by atoms with Crippen LogP contribution >= 0.6 is 0 Å². The topological polar surface area (TPSA) is 47.4 Å². The monoisotopic (exact) mass is 337 g/mol. The molecule has 2 aliphatic rings. The first kappa shape index (κ1) is 15.9. The van der Waals surface area contributed by atoms with Crippen LogP contribution in [0.4, 0.5) is 0 Å². The van der Waals surface area contributed by atoms with Crippen molar-refractivity contribution in [2.45, 2.75) is 18.8 Å². The Morgan fingerprint density at radius 3 is 2.68 bits per heavy atom. The Labute approximate surface area is 147 Å². The first-order valence-corrected chi connectivity index (χ1v) is 8.76. The zero-order valence-electron chi connectivity index (χ0n) is 14.7. The fourth-order valence-corrected chi connectivity index (χ4v) is 3.64. The van der Waals surface area contributed by atoms with Crippen molar-refractivity contribution in [1.82, 2.24) is 14.7 Å². The molecule has 0 unspecified atom stereocenters. The molecular formula is C20H23N3O2. The number of ether oxygens (including phenoxy) is 1. The molecule has 0 N–H and O–H groups in total. The Balaban J connectivity index is 1.38. The molecule has 4 rings (SSSR count). The van der Waals surface area contributed by atoms with Gasteiger partial charge in [-0.15, -0.1) is 0 Å². The lowest BCUT2D eigenvalue weighted by Gasteiger charge is -2.27. The largest absolute Gasteiger partial charge is 0.497 e. The Bertz CT molecular complexity index is 807. The summed E-state index contributed by atoms with van der Waals surface area (Å²) in [5, 5.41) is 4.21. The molecule has 5 heteroatoms. The summed E-state index contributed by atoms with van der Waals surface area (Å²) in [6.45, 7) is 1.50. The molecule has 2 heterocycles. The van der Waals surface area contributed by atoms with E-state index in [1.165, 1.54) is 16.7 Å². The summed E-state index contributed by atoms with van der Waals surface area (Å²) in [4.78, 5) is 14.7. The second-order valence-electron chi connectivity index (χ2n) is 6.89. The second kappa shape index (κ2) is 6.39. The fraction of sp³-hybridized carbons (Fsp3) is 0.400. The third-order valence-corrected chi connectivity index (χ3v) is 5.24. The van der Waals surface area contributed by atoms with E-state index in [-0.39, 0.29) is 5.92 Å². The number of carbonyl (C=O) groups excluding carboxylic acids is 1. The van der Waals surface area contributed by atoms with Crippen molar-refractivity contribution in [3.05, 3.63) is 53.9 Å². The van der Waals surface area contributed by atoms with Crippen molar-refractivity contribution in [3.8, 4) is 5.75 Å². The van der Waals surface area contributed by atoms with Gasteiger partial charge in [-0.3, -0.25) is 9.48 Å². The lowest BCUT2D eigenvalue weighted by molar-refractivity contribution is -0.132. The lowest BCUT2D eigenvalue weighted by atomic mass is 9.99. The maximum atomic E-state index is 12.7. The van der Waals surface area contributed by atoms with E-state index in [1.54, 1.807) is 11.8 Å². The van der Waals surface area contributed by atoms with Gasteiger partial charge >= 0.3 is 0 Å². The molecule has 0 bridgehead atoms. The first-order chi connectivity index (χ1) is 12.2. The Morgan fingerprint density at radius 1 is 1.28 bits per heavy atom. The zero-order valence-corrected chi connectivity index (χ0v) is 14.7. The van der Waals surface area contributed by atoms with Crippen LogP contribution in [0.25, 0.3) is 5.57 Å². The van der Waals surface area contributed by atoms with Crippen molar-refractivity contribution < 1.29 is 9.53 Å². The smallest absolute Gasteiger partial charge is 0.226 e. The van der Waals surface area contributed by atoms with Crippen LogP contribution in [-0.4, -0.2) is 40.8 Å². The van der Waals surface area contributed by atoms with Crippen molar-refractivity contribution in [2.24, 2.45) is 13.0 Å². The van der Waals surface area contributed by atoms with Gasteiger partial charge in [0.25, 0.3) is 0 Å². The number of carbonyl (C=O) groups is 1. The molecule has 1 fully saturated rings. The van der Waals surface area contributed by atoms with Gasteiger partial charge in [-0.2, -0.15) is 5.10 Å². The highest BCUT2D eigenvalue weighted by Crippen LogP contribution is 2.48. The molecule has 1 aliphatic carbocycles. The summed E-state index contributed by atoms with van der Waals surface area (Å²) in [7, 11) is 3.59. The number of hydrogen-bond donors (Lipinski definition) is 0. The second-order valence-corrected chi connectivity index (χ2v) is 6.89. The predicted octanol–water partition coefficient (Wildman–Crippen LogP) is 2.85. The number of methoxy groups -OCH3 is 1. The van der Waals surface area contributed by atoms with Gasteiger partial charge in [0, 0.05) is 32.3 Å². The summed E-state index contributed by atoms with van der Waals surface area (Å²) >= 11 is 0. The van der Waals surface area contributed by atoms with Gasteiger partial charge in [0.1, 0.15) is 5.75 Å². The molecule has 0 radical (unpaired) electrons. The molecule has 5 nitrogen and oxygen atoms in total. The van der Waals surface area contributed by atoms with Crippen LogP contribution in [0.15, 0.2) is 42.7 Å². The molecule has 1 aromatic carbocycles. The van der Waals surface area contributed by atoms with E-state index >= 15 is 0 Å². The standard InChI is InChI=1S/C20H23N3O2/c1-22-13-16(12-21-22)18-11-19(18)20(24)23-9-7-15(8-10-23)14-3-5-17(25-2)6-4-14/h3-7,12-13,18-19H,8-11H2,1-2H3/t18-,19+/m0/s1. The third-order valence-electron chi connectivity index (χ3n) is 5.24. The predicted molar refractivity (Wildman–Crippen MR) is 96.2 cm³/mol. The Morgan fingerprint density at radius 2 is 2.08 bits per heavy atom. The van der Waals surface area contributed by atoms with Crippen molar-refractivity contribution in [1.29, 1.82) is 0 Å². The highest BCUT2D eigenvalue weighted by atomic mass is 16.5. The normalized spacial score (nSPS) is 22.5. The lowest BCUT2D eigenvalue weighted by Crippen LogP contribution is -2.36. The molecule has 2 aromatic rings. The molecule has 1 aromatic heterocycles. The van der Waals surface area contributed by atoms with E-state index in [0.29, 0.717) is 18.4 Å². The van der Waals surface area contributed by atoms with Gasteiger partial charge in [0.15, 0.2) is 0 Å². The number of rotatable bonds is 4. The molecule has 0 saturated heterocycles. The van der Waals surface area contributed by atoms with Crippen LogP contribution in [-0.2, 0) is 11.8 Å². The summed E-state index contributed by atoms with van der Waals surface area (Å²) < 4.78 is 7.01. The minimum absolute atomic E-state index is 0.139. The number of aromatic nitrogens is 2. The van der Waals surface area contributed by atoms with Crippen molar-refractivity contribution in [3.63, 3.8) is 0 Å². The van der Waals surface area contributed by atoms with Crippen LogP contribution < -0.4 is 4.74 Å². The van der Waals surface area contributed by atoms with Crippen LogP contribution in [0.3, 0.4) is 0 Å². The minimum Gasteiger partial charge on any atom is -0.497 e. The van der Waals surface area contributed by atoms with Crippen LogP contribution in [0.1, 0.15) is 29.9 Å². The molecule has 1 saturated carbocycles. The SMILES string of the molecule is COc1ccc(C2=CCN(C(=O)[C@@H]3C[C@H]3c3cnn(C)c3)CC2)cc1. The van der Waals surface area contributed by atoms with Gasteiger partial charge in [0.2, 0.25) is 5.91 Å².